The van der Waals surface area contributed by atoms with Crippen molar-refractivity contribution in [3.63, 3.8) is 0 Å². The SMILES string of the molecule is O=c1[nH]c(/C=C\c2ccc(OCc3ccc([N+](=O)[O-])cc3)cc2)c([N+](=O)[O-])c(=O)[nH]1. The summed E-state index contributed by atoms with van der Waals surface area (Å²) in [6, 6.07) is 12.7. The molecule has 0 aliphatic carbocycles. The van der Waals surface area contributed by atoms with E-state index in [2.05, 4.69) is 4.98 Å². The van der Waals surface area contributed by atoms with Gasteiger partial charge in [0.15, 0.2) is 0 Å². The summed E-state index contributed by atoms with van der Waals surface area (Å²) in [4.78, 5) is 47.3. The van der Waals surface area contributed by atoms with Crippen molar-refractivity contribution in [2.24, 2.45) is 0 Å². The topological polar surface area (TPSA) is 161 Å². The Balaban J connectivity index is 1.69. The predicted octanol–water partition coefficient (Wildman–Crippen LogP) is 2.63. The molecule has 1 heterocycles. The number of aromatic amines is 2. The fourth-order valence-electron chi connectivity index (χ4n) is 2.53. The van der Waals surface area contributed by atoms with Crippen LogP contribution in [-0.2, 0) is 6.61 Å². The molecule has 2 N–H and O–H groups in total. The summed E-state index contributed by atoms with van der Waals surface area (Å²) in [5, 5.41) is 21.7. The molecule has 0 bridgehead atoms. The molecule has 0 amide bonds. The highest BCUT2D eigenvalue weighted by molar-refractivity contribution is 5.71. The highest BCUT2D eigenvalue weighted by atomic mass is 16.6. The Morgan fingerprint density at radius 1 is 0.867 bits per heavy atom. The number of hydrogen-bond acceptors (Lipinski definition) is 7. The summed E-state index contributed by atoms with van der Waals surface area (Å²) >= 11 is 0. The molecule has 11 nitrogen and oxygen atoms in total. The maximum Gasteiger partial charge on any atom is 0.357 e. The summed E-state index contributed by atoms with van der Waals surface area (Å²) in [5.74, 6) is 0.543. The minimum Gasteiger partial charge on any atom is -0.489 e. The maximum absolute atomic E-state index is 11.6. The number of nitro benzene ring substituents is 1. The average molecular weight is 410 g/mol. The lowest BCUT2D eigenvalue weighted by atomic mass is 10.2. The van der Waals surface area contributed by atoms with Gasteiger partial charge in [-0.25, -0.2) is 4.79 Å². The lowest BCUT2D eigenvalue weighted by molar-refractivity contribution is -0.386. The standard InChI is InChI=1S/C19H14N4O7/c24-18-17(23(28)29)16(20-19(25)21-18)10-5-12-3-8-15(9-4-12)30-11-13-1-6-14(7-2-13)22(26)27/h1-10H,11H2,(H2,20,21,24,25)/b10-5-. The molecular formula is C19H14N4O7. The first-order valence-corrected chi connectivity index (χ1v) is 8.49. The van der Waals surface area contributed by atoms with Crippen molar-refractivity contribution in [3.8, 4) is 5.75 Å². The highest BCUT2D eigenvalue weighted by Crippen LogP contribution is 2.18. The molecule has 0 radical (unpaired) electrons. The molecule has 2 aromatic carbocycles. The van der Waals surface area contributed by atoms with Crippen molar-refractivity contribution >= 4 is 23.5 Å². The number of benzene rings is 2. The number of non-ortho nitro benzene ring substituents is 1. The van der Waals surface area contributed by atoms with Crippen LogP contribution in [0.3, 0.4) is 0 Å². The van der Waals surface area contributed by atoms with Crippen molar-refractivity contribution in [1.29, 1.82) is 0 Å². The molecule has 0 fully saturated rings. The van der Waals surface area contributed by atoms with Gasteiger partial charge in [-0.2, -0.15) is 0 Å². The quantitative estimate of drug-likeness (QED) is 0.447. The summed E-state index contributed by atoms with van der Waals surface area (Å²) in [5.41, 5.74) is -1.50. The second-order valence-electron chi connectivity index (χ2n) is 6.04. The van der Waals surface area contributed by atoms with E-state index in [1.165, 1.54) is 24.3 Å². The largest absolute Gasteiger partial charge is 0.489 e. The van der Waals surface area contributed by atoms with Gasteiger partial charge in [-0.3, -0.25) is 30.0 Å². The van der Waals surface area contributed by atoms with Crippen LogP contribution in [-0.4, -0.2) is 19.8 Å². The van der Waals surface area contributed by atoms with E-state index in [1.54, 1.807) is 36.4 Å². The van der Waals surface area contributed by atoms with Gasteiger partial charge in [0.2, 0.25) is 0 Å². The summed E-state index contributed by atoms with van der Waals surface area (Å²) in [6.07, 6.45) is 2.76. The average Bonchev–Trinajstić information content (AvgIpc) is 2.71. The Morgan fingerprint density at radius 2 is 1.53 bits per heavy atom. The van der Waals surface area contributed by atoms with Gasteiger partial charge >= 0.3 is 16.9 Å². The minimum atomic E-state index is -1.08. The molecule has 152 valence electrons. The molecule has 3 rings (SSSR count). The number of rotatable bonds is 7. The van der Waals surface area contributed by atoms with E-state index in [9.17, 15) is 29.8 Å². The maximum atomic E-state index is 11.6. The lowest BCUT2D eigenvalue weighted by Crippen LogP contribution is -2.25. The zero-order chi connectivity index (χ0) is 21.7. The molecule has 0 unspecified atom stereocenters. The molecule has 0 aliphatic heterocycles. The molecule has 11 heteroatoms. The number of nitrogens with zero attached hydrogens (tertiary/aromatic N) is 2. The van der Waals surface area contributed by atoms with Gasteiger partial charge in [0.1, 0.15) is 18.1 Å². The number of nitrogens with one attached hydrogen (secondary N) is 2. The van der Waals surface area contributed by atoms with Gasteiger partial charge < -0.3 is 9.72 Å². The number of H-pyrrole nitrogens is 2. The van der Waals surface area contributed by atoms with Crippen molar-refractivity contribution in [2.75, 3.05) is 0 Å². The zero-order valence-corrected chi connectivity index (χ0v) is 15.2. The fraction of sp³-hybridized carbons (Fsp3) is 0.0526. The summed E-state index contributed by atoms with van der Waals surface area (Å²) in [6.45, 7) is 0.216. The Morgan fingerprint density at radius 3 is 2.13 bits per heavy atom. The van der Waals surface area contributed by atoms with Gasteiger partial charge in [-0.05, 0) is 41.5 Å². The monoisotopic (exact) mass is 410 g/mol. The Hall–Kier alpha value is -4.54. The molecule has 0 spiro atoms. The highest BCUT2D eigenvalue weighted by Gasteiger charge is 2.18. The van der Waals surface area contributed by atoms with Crippen molar-refractivity contribution in [1.82, 2.24) is 9.97 Å². The Labute approximate surface area is 167 Å². The van der Waals surface area contributed by atoms with Crippen molar-refractivity contribution in [2.45, 2.75) is 6.61 Å². The van der Waals surface area contributed by atoms with Gasteiger partial charge in [-0.15, -0.1) is 0 Å². The van der Waals surface area contributed by atoms with Crippen molar-refractivity contribution < 1.29 is 14.6 Å². The fourth-order valence-corrected chi connectivity index (χ4v) is 2.53. The van der Waals surface area contributed by atoms with Crippen LogP contribution in [0.1, 0.15) is 16.8 Å². The van der Waals surface area contributed by atoms with Crippen LogP contribution < -0.4 is 16.0 Å². The molecule has 0 saturated carbocycles. The van der Waals surface area contributed by atoms with Crippen LogP contribution in [0.2, 0.25) is 0 Å². The first-order valence-electron chi connectivity index (χ1n) is 8.49. The van der Waals surface area contributed by atoms with Gasteiger partial charge in [0.25, 0.3) is 5.69 Å². The first-order chi connectivity index (χ1) is 14.3. The third-order valence-corrected chi connectivity index (χ3v) is 4.00. The molecule has 0 saturated heterocycles. The molecule has 30 heavy (non-hydrogen) atoms. The molecule has 1 aromatic heterocycles. The third-order valence-electron chi connectivity index (χ3n) is 4.00. The third kappa shape index (κ3) is 4.84. The van der Waals surface area contributed by atoms with E-state index >= 15 is 0 Å². The van der Waals surface area contributed by atoms with Gasteiger partial charge in [-0.1, -0.05) is 18.2 Å². The van der Waals surface area contributed by atoms with E-state index in [0.717, 1.165) is 5.56 Å². The second kappa shape index (κ2) is 8.65. The van der Waals surface area contributed by atoms with Crippen LogP contribution in [0, 0.1) is 20.2 Å². The van der Waals surface area contributed by atoms with E-state index in [0.29, 0.717) is 11.3 Å². The van der Waals surface area contributed by atoms with Crippen LogP contribution in [0.15, 0.2) is 58.1 Å². The first kappa shape index (κ1) is 20.2. The van der Waals surface area contributed by atoms with E-state index in [4.69, 9.17) is 4.74 Å². The Kier molecular flexibility index (Phi) is 5.82. The predicted molar refractivity (Wildman–Crippen MR) is 107 cm³/mol. The van der Waals surface area contributed by atoms with Gasteiger partial charge in [0, 0.05) is 12.1 Å². The zero-order valence-electron chi connectivity index (χ0n) is 15.2. The second-order valence-corrected chi connectivity index (χ2v) is 6.04. The molecule has 3 aromatic rings. The van der Waals surface area contributed by atoms with E-state index in [-0.39, 0.29) is 18.0 Å². The number of hydrogen-bond donors (Lipinski definition) is 2. The Bertz CT molecular complexity index is 1230. The molecular weight excluding hydrogens is 396 g/mol. The van der Waals surface area contributed by atoms with Crippen molar-refractivity contribution in [3.05, 3.63) is 106 Å². The van der Waals surface area contributed by atoms with E-state index in [1.807, 2.05) is 4.98 Å². The van der Waals surface area contributed by atoms with E-state index < -0.39 is 26.8 Å². The van der Waals surface area contributed by atoms with Gasteiger partial charge in [0.05, 0.1) is 9.85 Å². The number of aromatic nitrogens is 2. The number of nitro groups is 2. The number of ether oxygens (including phenoxy) is 1. The van der Waals surface area contributed by atoms with Crippen LogP contribution in [0.4, 0.5) is 11.4 Å². The van der Waals surface area contributed by atoms with Crippen LogP contribution in [0.5, 0.6) is 5.75 Å². The van der Waals surface area contributed by atoms with Crippen LogP contribution in [0.25, 0.3) is 12.2 Å². The normalized spacial score (nSPS) is 10.8. The molecule has 0 atom stereocenters. The smallest absolute Gasteiger partial charge is 0.357 e. The summed E-state index contributed by atoms with van der Waals surface area (Å²) in [7, 11) is 0. The molecule has 0 aliphatic rings. The summed E-state index contributed by atoms with van der Waals surface area (Å²) < 4.78 is 5.62. The minimum absolute atomic E-state index is 0.00289. The lowest BCUT2D eigenvalue weighted by Gasteiger charge is -2.06. The van der Waals surface area contributed by atoms with Crippen LogP contribution >= 0.6 is 0 Å².